The van der Waals surface area contributed by atoms with Gasteiger partial charge >= 0.3 is 0 Å². The van der Waals surface area contributed by atoms with Gasteiger partial charge < -0.3 is 24.1 Å². The molecule has 4 aromatic rings. The summed E-state index contributed by atoms with van der Waals surface area (Å²) in [5.41, 5.74) is 0.376. The first kappa shape index (κ1) is 23.3. The van der Waals surface area contributed by atoms with Crippen LogP contribution >= 0.6 is 0 Å². The minimum atomic E-state index is -1.15. The van der Waals surface area contributed by atoms with Gasteiger partial charge in [-0.15, -0.1) is 0 Å². The van der Waals surface area contributed by atoms with Crippen LogP contribution in [0.5, 0.6) is 11.5 Å². The van der Waals surface area contributed by atoms with Gasteiger partial charge in [-0.3, -0.25) is 9.59 Å². The summed E-state index contributed by atoms with van der Waals surface area (Å²) in [6.07, 6.45) is 1.59. The fraction of sp³-hybridized carbons (Fsp3) is 0.231. The van der Waals surface area contributed by atoms with E-state index in [4.69, 9.17) is 9.15 Å². The number of furan rings is 1. The summed E-state index contributed by atoms with van der Waals surface area (Å²) in [5.74, 6) is -0.00309. The van der Waals surface area contributed by atoms with Crippen molar-refractivity contribution in [2.75, 3.05) is 6.54 Å². The standard InChI is InChI=1S/C26H25FN2O5/c1-5-28-24(30)22-13-19-23(34-22)20(14-29(4)25(19)31)18-12-15(26(2,3)32)6-11-21(18)33-17-9-7-16(27)8-10-17/h6-14,32H,5H2,1-4H3,(H,28,30). The average molecular weight is 464 g/mol. The van der Waals surface area contributed by atoms with Gasteiger partial charge in [0, 0.05) is 37.0 Å². The number of carbonyl (C=O) groups excluding carboxylic acids is 1. The molecule has 1 amide bonds. The smallest absolute Gasteiger partial charge is 0.287 e. The molecule has 0 aliphatic carbocycles. The third-order valence-corrected chi connectivity index (χ3v) is 5.43. The Hall–Kier alpha value is -3.91. The minimum Gasteiger partial charge on any atom is -0.457 e. The van der Waals surface area contributed by atoms with Crippen molar-refractivity contribution in [2.45, 2.75) is 26.4 Å². The van der Waals surface area contributed by atoms with E-state index in [1.165, 1.54) is 34.9 Å². The summed E-state index contributed by atoms with van der Waals surface area (Å²) >= 11 is 0. The molecule has 34 heavy (non-hydrogen) atoms. The molecule has 2 N–H and O–H groups in total. The number of fused-ring (bicyclic) bond motifs is 1. The monoisotopic (exact) mass is 464 g/mol. The Morgan fingerprint density at radius 2 is 1.85 bits per heavy atom. The Bertz CT molecular complexity index is 1430. The van der Waals surface area contributed by atoms with Gasteiger partial charge in [0.25, 0.3) is 11.5 Å². The zero-order valence-electron chi connectivity index (χ0n) is 19.3. The first-order valence-electron chi connectivity index (χ1n) is 10.8. The highest BCUT2D eigenvalue weighted by Gasteiger charge is 2.23. The van der Waals surface area contributed by atoms with Crippen molar-refractivity contribution >= 4 is 16.9 Å². The van der Waals surface area contributed by atoms with Crippen LogP contribution in [0, 0.1) is 5.82 Å². The van der Waals surface area contributed by atoms with E-state index in [1.54, 1.807) is 52.2 Å². The van der Waals surface area contributed by atoms with Gasteiger partial charge in [-0.25, -0.2) is 4.39 Å². The third-order valence-electron chi connectivity index (χ3n) is 5.43. The first-order valence-corrected chi connectivity index (χ1v) is 10.8. The average Bonchev–Trinajstić information content (AvgIpc) is 3.24. The molecular formula is C26H25FN2O5. The summed E-state index contributed by atoms with van der Waals surface area (Å²) in [6.45, 7) is 5.50. The number of aromatic nitrogens is 1. The Balaban J connectivity index is 1.96. The lowest BCUT2D eigenvalue weighted by molar-refractivity contribution is 0.0786. The van der Waals surface area contributed by atoms with Crippen LogP contribution in [0.1, 0.15) is 36.9 Å². The van der Waals surface area contributed by atoms with Gasteiger partial charge in [0.15, 0.2) is 5.76 Å². The zero-order valence-corrected chi connectivity index (χ0v) is 19.3. The molecule has 8 heteroatoms. The second kappa shape index (κ2) is 8.79. The summed E-state index contributed by atoms with van der Waals surface area (Å²) in [4.78, 5) is 25.2. The molecule has 2 aromatic heterocycles. The fourth-order valence-corrected chi connectivity index (χ4v) is 3.64. The lowest BCUT2D eigenvalue weighted by atomic mass is 9.93. The summed E-state index contributed by atoms with van der Waals surface area (Å²) < 4.78 is 26.7. The normalized spacial score (nSPS) is 11.6. The second-order valence-electron chi connectivity index (χ2n) is 8.50. The van der Waals surface area contributed by atoms with Crippen molar-refractivity contribution in [1.29, 1.82) is 0 Å². The highest BCUT2D eigenvalue weighted by molar-refractivity contribution is 6.00. The van der Waals surface area contributed by atoms with E-state index in [0.29, 0.717) is 34.7 Å². The highest BCUT2D eigenvalue weighted by Crippen LogP contribution is 2.39. The highest BCUT2D eigenvalue weighted by atomic mass is 19.1. The van der Waals surface area contributed by atoms with Gasteiger partial charge in [0.1, 0.15) is 22.9 Å². The lowest BCUT2D eigenvalue weighted by Gasteiger charge is -2.21. The number of carbonyl (C=O) groups is 1. The largest absolute Gasteiger partial charge is 0.457 e. The van der Waals surface area contributed by atoms with E-state index < -0.39 is 17.3 Å². The van der Waals surface area contributed by atoms with Crippen LogP contribution in [0.2, 0.25) is 0 Å². The number of aryl methyl sites for hydroxylation is 1. The van der Waals surface area contributed by atoms with Crippen LogP contribution in [0.3, 0.4) is 0 Å². The van der Waals surface area contributed by atoms with E-state index in [-0.39, 0.29) is 22.3 Å². The molecule has 0 bridgehead atoms. The number of nitrogens with zero attached hydrogens (tertiary/aromatic N) is 1. The van der Waals surface area contributed by atoms with E-state index in [1.807, 2.05) is 0 Å². The molecule has 2 aromatic carbocycles. The summed E-state index contributed by atoms with van der Waals surface area (Å²) in [5, 5.41) is 13.5. The van der Waals surface area contributed by atoms with Crippen molar-refractivity contribution in [2.24, 2.45) is 7.05 Å². The molecule has 7 nitrogen and oxygen atoms in total. The number of hydrogen-bond acceptors (Lipinski definition) is 5. The Labute approximate surface area is 195 Å². The molecule has 0 fully saturated rings. The van der Waals surface area contributed by atoms with Crippen LogP contribution in [0.25, 0.3) is 22.1 Å². The van der Waals surface area contributed by atoms with Crippen LogP contribution in [0.4, 0.5) is 4.39 Å². The Morgan fingerprint density at radius 3 is 2.50 bits per heavy atom. The van der Waals surface area contributed by atoms with E-state index >= 15 is 0 Å². The van der Waals surface area contributed by atoms with Crippen molar-refractivity contribution in [1.82, 2.24) is 9.88 Å². The molecule has 0 saturated heterocycles. The fourth-order valence-electron chi connectivity index (χ4n) is 3.64. The molecule has 176 valence electrons. The molecular weight excluding hydrogens is 439 g/mol. The number of ether oxygens (including phenoxy) is 1. The maximum atomic E-state index is 13.4. The number of nitrogens with one attached hydrogen (secondary N) is 1. The van der Waals surface area contributed by atoms with Gasteiger partial charge in [-0.1, -0.05) is 6.07 Å². The van der Waals surface area contributed by atoms with Gasteiger partial charge in [-0.05, 0) is 62.7 Å². The molecule has 0 spiro atoms. The lowest BCUT2D eigenvalue weighted by Crippen LogP contribution is -2.22. The van der Waals surface area contributed by atoms with Crippen molar-refractivity contribution in [3.63, 3.8) is 0 Å². The van der Waals surface area contributed by atoms with Gasteiger partial charge in [0.05, 0.1) is 11.0 Å². The number of benzene rings is 2. The maximum Gasteiger partial charge on any atom is 0.287 e. The van der Waals surface area contributed by atoms with Crippen LogP contribution in [-0.4, -0.2) is 22.1 Å². The molecule has 0 radical (unpaired) electrons. The molecule has 4 rings (SSSR count). The molecule has 0 aliphatic heterocycles. The molecule has 0 saturated carbocycles. The van der Waals surface area contributed by atoms with E-state index in [9.17, 15) is 19.1 Å². The Morgan fingerprint density at radius 1 is 1.15 bits per heavy atom. The number of rotatable bonds is 6. The first-order chi connectivity index (χ1) is 16.1. The molecule has 0 aliphatic rings. The van der Waals surface area contributed by atoms with Crippen molar-refractivity contribution in [3.8, 4) is 22.6 Å². The number of amides is 1. The molecule has 0 atom stereocenters. The van der Waals surface area contributed by atoms with Gasteiger partial charge in [-0.2, -0.15) is 0 Å². The van der Waals surface area contributed by atoms with E-state index in [2.05, 4.69) is 5.32 Å². The van der Waals surface area contributed by atoms with E-state index in [0.717, 1.165) is 0 Å². The second-order valence-corrected chi connectivity index (χ2v) is 8.50. The molecule has 0 unspecified atom stereocenters. The SMILES string of the molecule is CCNC(=O)c1cc2c(=O)n(C)cc(-c3cc(C(C)(C)O)ccc3Oc3ccc(F)cc3)c2o1. The van der Waals surface area contributed by atoms with Crippen LogP contribution in [0.15, 0.2) is 63.9 Å². The third kappa shape index (κ3) is 4.45. The quantitative estimate of drug-likeness (QED) is 0.431. The van der Waals surface area contributed by atoms with Crippen molar-refractivity contribution < 1.29 is 23.4 Å². The molecule has 2 heterocycles. The topological polar surface area (TPSA) is 93.7 Å². The number of halogens is 1. The zero-order chi connectivity index (χ0) is 24.6. The number of pyridine rings is 1. The van der Waals surface area contributed by atoms with Crippen molar-refractivity contribution in [3.05, 3.63) is 82.2 Å². The maximum absolute atomic E-state index is 13.4. The predicted octanol–water partition coefficient (Wildman–Crippen LogP) is 4.71. The van der Waals surface area contributed by atoms with Crippen LogP contribution in [-0.2, 0) is 12.6 Å². The van der Waals surface area contributed by atoms with Crippen LogP contribution < -0.4 is 15.6 Å². The minimum absolute atomic E-state index is 0.0149. The Kier molecular flexibility index (Phi) is 6.01. The number of hydrogen-bond donors (Lipinski definition) is 2. The number of aliphatic hydroxyl groups is 1. The van der Waals surface area contributed by atoms with Gasteiger partial charge in [0.2, 0.25) is 0 Å². The summed E-state index contributed by atoms with van der Waals surface area (Å²) in [7, 11) is 1.60. The summed E-state index contributed by atoms with van der Waals surface area (Å²) in [6, 6.07) is 12.2. The predicted molar refractivity (Wildman–Crippen MR) is 127 cm³/mol.